The first-order valence-corrected chi connectivity index (χ1v) is 4.20. The van der Waals surface area contributed by atoms with Crippen molar-refractivity contribution in [3.05, 3.63) is 24.4 Å². The minimum absolute atomic E-state index is 0.462. The van der Waals surface area contributed by atoms with Gasteiger partial charge in [0.25, 0.3) is 0 Å². The highest BCUT2D eigenvalue weighted by atomic mass is 16.5. The molecule has 0 bridgehead atoms. The molecular formula is C10H18N2O. The molecule has 0 aromatic heterocycles. The molecule has 3 heteroatoms. The summed E-state index contributed by atoms with van der Waals surface area (Å²) in [5.74, 6) is 0. The van der Waals surface area contributed by atoms with Gasteiger partial charge in [-0.2, -0.15) is 0 Å². The van der Waals surface area contributed by atoms with Crippen molar-refractivity contribution in [2.24, 2.45) is 0 Å². The maximum atomic E-state index is 7.47. The zero-order chi connectivity index (χ0) is 10.3. The van der Waals surface area contributed by atoms with E-state index < -0.39 is 0 Å². The lowest BCUT2D eigenvalue weighted by molar-refractivity contribution is 0.177. The van der Waals surface area contributed by atoms with Gasteiger partial charge in [-0.3, -0.25) is 0 Å². The van der Waals surface area contributed by atoms with Crippen molar-refractivity contribution in [3.8, 4) is 0 Å². The molecule has 13 heavy (non-hydrogen) atoms. The predicted molar refractivity (Wildman–Crippen MR) is 56.2 cm³/mol. The fraction of sp³-hybridized carbons (Fsp3) is 0.500. The standard InChI is InChI=1S/C10H18N2O/c1-5-10(11)9(2)8-12(3)6-7-13-4/h5,8,11H,1,6-7H2,2-4H3/b9-8+,11-10?. The fourth-order valence-electron chi connectivity index (χ4n) is 0.861. The monoisotopic (exact) mass is 182 g/mol. The summed E-state index contributed by atoms with van der Waals surface area (Å²) in [5.41, 5.74) is 1.37. The first-order valence-electron chi connectivity index (χ1n) is 4.20. The predicted octanol–water partition coefficient (Wildman–Crippen LogP) is 1.67. The number of rotatable bonds is 6. The van der Waals surface area contributed by atoms with Crippen molar-refractivity contribution in [1.82, 2.24) is 4.90 Å². The van der Waals surface area contributed by atoms with Gasteiger partial charge in [-0.25, -0.2) is 0 Å². The van der Waals surface area contributed by atoms with Crippen LogP contribution >= 0.6 is 0 Å². The fourth-order valence-corrected chi connectivity index (χ4v) is 0.861. The zero-order valence-electron chi connectivity index (χ0n) is 8.63. The molecule has 3 nitrogen and oxygen atoms in total. The minimum atomic E-state index is 0.462. The minimum Gasteiger partial charge on any atom is -0.383 e. The Hall–Kier alpha value is -1.09. The highest BCUT2D eigenvalue weighted by molar-refractivity contribution is 6.05. The van der Waals surface area contributed by atoms with Gasteiger partial charge in [0, 0.05) is 26.9 Å². The Morgan fingerprint density at radius 3 is 2.69 bits per heavy atom. The third kappa shape index (κ3) is 5.20. The van der Waals surface area contributed by atoms with Crippen LogP contribution < -0.4 is 0 Å². The Labute approximate surface area is 80.2 Å². The summed E-state index contributed by atoms with van der Waals surface area (Å²) in [6.07, 6.45) is 3.46. The van der Waals surface area contributed by atoms with Crippen LogP contribution in [0.5, 0.6) is 0 Å². The van der Waals surface area contributed by atoms with Crippen molar-refractivity contribution in [2.75, 3.05) is 27.3 Å². The molecular weight excluding hydrogens is 164 g/mol. The van der Waals surface area contributed by atoms with Gasteiger partial charge >= 0.3 is 0 Å². The number of ether oxygens (including phenoxy) is 1. The second-order valence-corrected chi connectivity index (χ2v) is 2.90. The van der Waals surface area contributed by atoms with E-state index in [0.717, 1.165) is 12.1 Å². The second-order valence-electron chi connectivity index (χ2n) is 2.90. The molecule has 0 heterocycles. The lowest BCUT2D eigenvalue weighted by Crippen LogP contribution is -2.17. The van der Waals surface area contributed by atoms with E-state index in [1.807, 2.05) is 25.1 Å². The molecule has 0 aliphatic heterocycles. The normalized spacial score (nSPS) is 11.2. The molecule has 0 radical (unpaired) electrons. The zero-order valence-corrected chi connectivity index (χ0v) is 8.63. The molecule has 74 valence electrons. The Balaban J connectivity index is 4.05. The largest absolute Gasteiger partial charge is 0.383 e. The number of methoxy groups -OCH3 is 1. The number of hydrogen-bond donors (Lipinski definition) is 1. The first-order chi connectivity index (χ1) is 6.11. The van der Waals surface area contributed by atoms with E-state index in [2.05, 4.69) is 6.58 Å². The molecule has 0 aliphatic carbocycles. The Morgan fingerprint density at radius 1 is 1.62 bits per heavy atom. The highest BCUT2D eigenvalue weighted by Gasteiger charge is 1.96. The van der Waals surface area contributed by atoms with Crippen LogP contribution in [0.15, 0.2) is 24.4 Å². The Bertz CT molecular complexity index is 209. The van der Waals surface area contributed by atoms with Crippen molar-refractivity contribution >= 4 is 5.71 Å². The quantitative estimate of drug-likeness (QED) is 0.634. The third-order valence-electron chi connectivity index (χ3n) is 1.69. The summed E-state index contributed by atoms with van der Waals surface area (Å²) in [6, 6.07) is 0. The number of allylic oxidation sites excluding steroid dienone is 2. The SMILES string of the molecule is C=CC(=N)/C(C)=C/N(C)CCOC. The van der Waals surface area contributed by atoms with Crippen molar-refractivity contribution in [1.29, 1.82) is 5.41 Å². The van der Waals surface area contributed by atoms with Gasteiger partial charge in [0.1, 0.15) is 0 Å². The Kier molecular flexibility index (Phi) is 5.89. The average molecular weight is 182 g/mol. The van der Waals surface area contributed by atoms with Crippen molar-refractivity contribution in [3.63, 3.8) is 0 Å². The van der Waals surface area contributed by atoms with Crippen LogP contribution in [-0.4, -0.2) is 37.9 Å². The van der Waals surface area contributed by atoms with Crippen LogP contribution in [0.4, 0.5) is 0 Å². The maximum Gasteiger partial charge on any atom is 0.0637 e. The van der Waals surface area contributed by atoms with Gasteiger partial charge in [0.2, 0.25) is 0 Å². The van der Waals surface area contributed by atoms with Crippen LogP contribution in [0.3, 0.4) is 0 Å². The molecule has 0 aromatic rings. The third-order valence-corrected chi connectivity index (χ3v) is 1.69. The molecule has 0 saturated carbocycles. The second kappa shape index (κ2) is 6.43. The smallest absolute Gasteiger partial charge is 0.0637 e. The Morgan fingerprint density at radius 2 is 2.23 bits per heavy atom. The topological polar surface area (TPSA) is 36.3 Å². The van der Waals surface area contributed by atoms with Crippen LogP contribution in [0.2, 0.25) is 0 Å². The summed E-state index contributed by atoms with van der Waals surface area (Å²) >= 11 is 0. The van der Waals surface area contributed by atoms with E-state index in [9.17, 15) is 0 Å². The molecule has 0 saturated heterocycles. The molecule has 1 N–H and O–H groups in total. The molecule has 0 unspecified atom stereocenters. The van der Waals surface area contributed by atoms with Crippen molar-refractivity contribution in [2.45, 2.75) is 6.92 Å². The van der Waals surface area contributed by atoms with Gasteiger partial charge in [0.15, 0.2) is 0 Å². The summed E-state index contributed by atoms with van der Waals surface area (Å²) < 4.78 is 4.94. The molecule has 0 spiro atoms. The van der Waals surface area contributed by atoms with Crippen molar-refractivity contribution < 1.29 is 4.74 Å². The van der Waals surface area contributed by atoms with Gasteiger partial charge < -0.3 is 15.0 Å². The van der Waals surface area contributed by atoms with Gasteiger partial charge in [-0.05, 0) is 18.6 Å². The molecule has 0 fully saturated rings. The van der Waals surface area contributed by atoms with E-state index in [1.54, 1.807) is 7.11 Å². The van der Waals surface area contributed by atoms with E-state index >= 15 is 0 Å². The van der Waals surface area contributed by atoms with Gasteiger partial charge in [0.05, 0.1) is 12.3 Å². The number of nitrogens with zero attached hydrogens (tertiary/aromatic N) is 1. The molecule has 0 aliphatic rings. The van der Waals surface area contributed by atoms with E-state index in [4.69, 9.17) is 10.1 Å². The summed E-state index contributed by atoms with van der Waals surface area (Å²) in [7, 11) is 3.63. The number of likely N-dealkylation sites (N-methyl/N-ethyl adjacent to an activating group) is 1. The van der Waals surface area contributed by atoms with Crippen LogP contribution in [0.1, 0.15) is 6.92 Å². The molecule has 0 aromatic carbocycles. The van der Waals surface area contributed by atoms with E-state index in [1.165, 1.54) is 6.08 Å². The van der Waals surface area contributed by atoms with E-state index in [0.29, 0.717) is 12.3 Å². The average Bonchev–Trinajstić information content (AvgIpc) is 2.13. The molecule has 0 rings (SSSR count). The van der Waals surface area contributed by atoms with Crippen LogP contribution in [0.25, 0.3) is 0 Å². The van der Waals surface area contributed by atoms with Crippen LogP contribution in [-0.2, 0) is 4.74 Å². The molecule has 0 amide bonds. The maximum absolute atomic E-state index is 7.47. The first kappa shape index (κ1) is 11.9. The van der Waals surface area contributed by atoms with E-state index in [-0.39, 0.29) is 0 Å². The number of hydrogen-bond acceptors (Lipinski definition) is 3. The highest BCUT2D eigenvalue weighted by Crippen LogP contribution is 1.98. The summed E-state index contributed by atoms with van der Waals surface area (Å²) in [5, 5.41) is 7.47. The van der Waals surface area contributed by atoms with Gasteiger partial charge in [-0.1, -0.05) is 6.58 Å². The lowest BCUT2D eigenvalue weighted by atomic mass is 10.2. The van der Waals surface area contributed by atoms with Gasteiger partial charge in [-0.15, -0.1) is 0 Å². The summed E-state index contributed by atoms with van der Waals surface area (Å²) in [4.78, 5) is 2.00. The molecule has 0 atom stereocenters. The van der Waals surface area contributed by atoms with Crippen LogP contribution in [0, 0.1) is 5.41 Å². The number of nitrogens with one attached hydrogen (secondary N) is 1. The lowest BCUT2D eigenvalue weighted by Gasteiger charge is -2.14. The summed E-state index contributed by atoms with van der Waals surface area (Å²) in [6.45, 7) is 6.97.